The number of amides is 1. The highest BCUT2D eigenvalue weighted by atomic mass is 35.5. The van der Waals surface area contributed by atoms with Crippen LogP contribution in [0.3, 0.4) is 0 Å². The molecule has 7 nitrogen and oxygen atoms in total. The quantitative estimate of drug-likeness (QED) is 0.296. The minimum absolute atomic E-state index is 0.0611. The van der Waals surface area contributed by atoms with Crippen molar-refractivity contribution in [2.24, 2.45) is 0 Å². The van der Waals surface area contributed by atoms with Gasteiger partial charge in [0, 0.05) is 0 Å². The summed E-state index contributed by atoms with van der Waals surface area (Å²) in [7, 11) is 0. The van der Waals surface area contributed by atoms with Crippen LogP contribution < -0.4 is 5.32 Å². The standard InChI is InChI=1S/C24H21Cl2F3N4O3S/c1-23(2,21(35)36)14-6-7-17(15(25)10-14)30-19(34)11-37-22-32-31-20(24(27,28)29)33(22)18-8-5-13(9-16(18)26)12-3-4-12/h5-10,12H,3-4,11H2,1-2H3,(H,30,34)(H,35,36). The lowest BCUT2D eigenvalue weighted by Crippen LogP contribution is -2.28. The zero-order valence-corrected chi connectivity index (χ0v) is 21.9. The van der Waals surface area contributed by atoms with Gasteiger partial charge in [0.1, 0.15) is 0 Å². The number of hydrogen-bond donors (Lipinski definition) is 2. The van der Waals surface area contributed by atoms with E-state index in [1.165, 1.54) is 38.1 Å². The van der Waals surface area contributed by atoms with E-state index in [1.54, 1.807) is 12.1 Å². The SMILES string of the molecule is CC(C)(C(=O)O)c1ccc(NC(=O)CSc2nnc(C(F)(F)F)n2-c2ccc(C3CC3)cc2Cl)c(Cl)c1. The van der Waals surface area contributed by atoms with E-state index in [2.05, 4.69) is 15.5 Å². The lowest BCUT2D eigenvalue weighted by atomic mass is 9.85. The summed E-state index contributed by atoms with van der Waals surface area (Å²) in [4.78, 5) is 24.1. The molecule has 37 heavy (non-hydrogen) atoms. The molecule has 1 aliphatic carbocycles. The minimum atomic E-state index is -4.80. The second-order valence-corrected chi connectivity index (χ2v) is 10.8. The van der Waals surface area contributed by atoms with E-state index in [0.717, 1.165) is 34.7 Å². The van der Waals surface area contributed by atoms with E-state index >= 15 is 0 Å². The number of nitrogens with zero attached hydrogens (tertiary/aromatic N) is 3. The summed E-state index contributed by atoms with van der Waals surface area (Å²) in [6.07, 6.45) is -2.78. The van der Waals surface area contributed by atoms with E-state index in [1.807, 2.05) is 0 Å². The van der Waals surface area contributed by atoms with Gasteiger partial charge in [-0.25, -0.2) is 0 Å². The average molecular weight is 573 g/mol. The first-order valence-electron chi connectivity index (χ1n) is 11.1. The molecule has 1 aromatic heterocycles. The maximum absolute atomic E-state index is 13.7. The van der Waals surface area contributed by atoms with Crippen molar-refractivity contribution in [2.75, 3.05) is 11.1 Å². The van der Waals surface area contributed by atoms with Gasteiger partial charge < -0.3 is 10.4 Å². The van der Waals surface area contributed by atoms with Gasteiger partial charge in [-0.3, -0.25) is 14.2 Å². The van der Waals surface area contributed by atoms with Crippen LogP contribution in [-0.4, -0.2) is 37.5 Å². The van der Waals surface area contributed by atoms with Gasteiger partial charge >= 0.3 is 12.1 Å². The van der Waals surface area contributed by atoms with Crippen LogP contribution in [0.5, 0.6) is 0 Å². The Labute approximate surface area is 224 Å². The van der Waals surface area contributed by atoms with Gasteiger partial charge in [0.2, 0.25) is 11.7 Å². The second-order valence-electron chi connectivity index (χ2n) is 9.09. The van der Waals surface area contributed by atoms with Crippen molar-refractivity contribution in [3.05, 3.63) is 63.4 Å². The molecule has 0 unspecified atom stereocenters. The topological polar surface area (TPSA) is 97.1 Å². The van der Waals surface area contributed by atoms with Crippen molar-refractivity contribution in [2.45, 2.75) is 49.4 Å². The number of benzene rings is 2. The molecule has 3 aromatic rings. The molecule has 2 N–H and O–H groups in total. The van der Waals surface area contributed by atoms with Crippen molar-refractivity contribution < 1.29 is 27.9 Å². The first kappa shape index (κ1) is 27.3. The predicted molar refractivity (Wildman–Crippen MR) is 135 cm³/mol. The third kappa shape index (κ3) is 5.89. The maximum atomic E-state index is 13.7. The highest BCUT2D eigenvalue weighted by molar-refractivity contribution is 7.99. The van der Waals surface area contributed by atoms with Crippen LogP contribution in [-0.2, 0) is 21.2 Å². The second kappa shape index (κ2) is 10.2. The number of thioether (sulfide) groups is 1. The lowest BCUT2D eigenvalue weighted by Gasteiger charge is -2.20. The Morgan fingerprint density at radius 3 is 2.38 bits per heavy atom. The summed E-state index contributed by atoms with van der Waals surface area (Å²) in [5.74, 6) is -2.79. The van der Waals surface area contributed by atoms with Crippen molar-refractivity contribution in [3.63, 3.8) is 0 Å². The number of hydrogen-bond acceptors (Lipinski definition) is 5. The Morgan fingerprint density at radius 1 is 1.11 bits per heavy atom. The average Bonchev–Trinajstić information content (AvgIpc) is 3.57. The smallest absolute Gasteiger partial charge is 0.452 e. The number of carbonyl (C=O) groups is 2. The van der Waals surface area contributed by atoms with Crippen molar-refractivity contribution in [1.82, 2.24) is 14.8 Å². The molecular weight excluding hydrogens is 552 g/mol. The molecule has 0 spiro atoms. The predicted octanol–water partition coefficient (Wildman–Crippen LogP) is 6.56. The van der Waals surface area contributed by atoms with Crippen molar-refractivity contribution >= 4 is 52.5 Å². The first-order valence-corrected chi connectivity index (χ1v) is 12.8. The highest BCUT2D eigenvalue weighted by Gasteiger charge is 2.40. The van der Waals surface area contributed by atoms with E-state index < -0.39 is 29.3 Å². The molecule has 0 aliphatic heterocycles. The number of halogens is 5. The number of carboxylic acids is 1. The van der Waals surface area contributed by atoms with E-state index in [-0.39, 0.29) is 32.3 Å². The van der Waals surface area contributed by atoms with Gasteiger partial charge in [0.25, 0.3) is 0 Å². The summed E-state index contributed by atoms with van der Waals surface area (Å²) in [5, 5.41) is 19.0. The van der Waals surface area contributed by atoms with Gasteiger partial charge in [-0.05, 0) is 68.0 Å². The monoisotopic (exact) mass is 572 g/mol. The molecule has 2 aromatic carbocycles. The molecular formula is C24H21Cl2F3N4O3S. The number of nitrogens with one attached hydrogen (secondary N) is 1. The molecule has 0 radical (unpaired) electrons. The highest BCUT2D eigenvalue weighted by Crippen LogP contribution is 2.42. The van der Waals surface area contributed by atoms with E-state index in [9.17, 15) is 27.9 Å². The lowest BCUT2D eigenvalue weighted by molar-refractivity contribution is -0.146. The number of carbonyl (C=O) groups excluding carboxylic acids is 1. The van der Waals surface area contributed by atoms with Gasteiger partial charge in [0.05, 0.1) is 32.6 Å². The van der Waals surface area contributed by atoms with Crippen LogP contribution in [0.25, 0.3) is 5.69 Å². The molecule has 4 rings (SSSR count). The summed E-state index contributed by atoms with van der Waals surface area (Å²) >= 11 is 13.3. The zero-order chi connectivity index (χ0) is 27.1. The summed E-state index contributed by atoms with van der Waals surface area (Å²) in [6.45, 7) is 3.04. The number of aliphatic carboxylic acids is 1. The normalized spacial score (nSPS) is 14.0. The van der Waals surface area contributed by atoms with Gasteiger partial charge in [-0.2, -0.15) is 13.2 Å². The van der Waals surface area contributed by atoms with E-state index in [4.69, 9.17) is 23.2 Å². The Bertz CT molecular complexity index is 1370. The molecule has 0 saturated heterocycles. The van der Waals surface area contributed by atoms with Crippen LogP contribution in [0.1, 0.15) is 49.6 Å². The minimum Gasteiger partial charge on any atom is -0.481 e. The fourth-order valence-electron chi connectivity index (χ4n) is 3.58. The number of aromatic nitrogens is 3. The van der Waals surface area contributed by atoms with Crippen LogP contribution >= 0.6 is 35.0 Å². The Hall–Kier alpha value is -2.76. The molecule has 1 aliphatic rings. The molecule has 0 atom stereocenters. The molecule has 1 heterocycles. The molecule has 196 valence electrons. The summed E-state index contributed by atoms with van der Waals surface area (Å²) in [6, 6.07) is 9.32. The molecule has 0 bridgehead atoms. The van der Waals surface area contributed by atoms with Gasteiger partial charge in [-0.15, -0.1) is 10.2 Å². The van der Waals surface area contributed by atoms with Gasteiger partial charge in [0.15, 0.2) is 5.16 Å². The van der Waals surface area contributed by atoms with Crippen LogP contribution in [0.2, 0.25) is 10.0 Å². The third-order valence-electron chi connectivity index (χ3n) is 5.98. The number of rotatable bonds is 8. The first-order chi connectivity index (χ1) is 17.3. The fourth-order valence-corrected chi connectivity index (χ4v) is 4.83. The van der Waals surface area contributed by atoms with Crippen LogP contribution in [0.15, 0.2) is 41.6 Å². The Balaban J connectivity index is 1.53. The van der Waals surface area contributed by atoms with Crippen LogP contribution in [0, 0.1) is 0 Å². The molecule has 1 amide bonds. The van der Waals surface area contributed by atoms with E-state index in [0.29, 0.717) is 11.5 Å². The third-order valence-corrected chi connectivity index (χ3v) is 7.52. The molecule has 13 heteroatoms. The summed E-state index contributed by atoms with van der Waals surface area (Å²) < 4.78 is 41.9. The zero-order valence-electron chi connectivity index (χ0n) is 19.6. The Kier molecular flexibility index (Phi) is 7.51. The molecule has 1 fully saturated rings. The van der Waals surface area contributed by atoms with Gasteiger partial charge in [-0.1, -0.05) is 47.1 Å². The fraction of sp³-hybridized carbons (Fsp3) is 0.333. The van der Waals surface area contributed by atoms with Crippen LogP contribution in [0.4, 0.5) is 18.9 Å². The molecule has 1 saturated carbocycles. The Morgan fingerprint density at radius 2 is 1.81 bits per heavy atom. The summed E-state index contributed by atoms with van der Waals surface area (Å²) in [5.41, 5.74) is 0.494. The number of carboxylic acid groups (broad SMARTS) is 1. The van der Waals surface area contributed by atoms with Crippen molar-refractivity contribution in [3.8, 4) is 5.69 Å². The number of alkyl halides is 3. The maximum Gasteiger partial charge on any atom is 0.452 e. The largest absolute Gasteiger partial charge is 0.481 e. The van der Waals surface area contributed by atoms with Crippen molar-refractivity contribution in [1.29, 1.82) is 0 Å². The number of anilines is 1.